The highest BCUT2D eigenvalue weighted by atomic mass is 16.1. The zero-order chi connectivity index (χ0) is 17.8. The minimum Gasteiger partial charge on any atom is -0.345 e. The number of aryl methyl sites for hydroxylation is 1. The third kappa shape index (κ3) is 3.63. The molecule has 1 aliphatic rings. The van der Waals surface area contributed by atoms with Crippen molar-refractivity contribution in [2.45, 2.75) is 45.3 Å². The van der Waals surface area contributed by atoms with Crippen molar-refractivity contribution in [3.8, 4) is 0 Å². The molecule has 0 spiro atoms. The first-order chi connectivity index (χ1) is 12.8. The molecule has 134 valence electrons. The summed E-state index contributed by atoms with van der Waals surface area (Å²) in [4.78, 5) is 16.3. The molecule has 1 aromatic carbocycles. The van der Waals surface area contributed by atoms with Gasteiger partial charge in [0.15, 0.2) is 5.82 Å². The minimum absolute atomic E-state index is 0.108. The molecule has 8 nitrogen and oxygen atoms in total. The van der Waals surface area contributed by atoms with E-state index < -0.39 is 0 Å². The van der Waals surface area contributed by atoms with Gasteiger partial charge in [-0.15, -0.1) is 10.2 Å². The molecule has 2 aromatic heterocycles. The van der Waals surface area contributed by atoms with Crippen molar-refractivity contribution in [1.29, 1.82) is 0 Å². The Morgan fingerprint density at radius 1 is 1.12 bits per heavy atom. The molecule has 1 amide bonds. The number of amides is 1. The summed E-state index contributed by atoms with van der Waals surface area (Å²) in [5.41, 5.74) is 1.69. The second-order valence-electron chi connectivity index (χ2n) is 6.47. The summed E-state index contributed by atoms with van der Waals surface area (Å²) in [6, 6.07) is 7.51. The molecule has 0 bridgehead atoms. The first kappa shape index (κ1) is 16.4. The van der Waals surface area contributed by atoms with E-state index in [1.807, 2.05) is 24.3 Å². The summed E-state index contributed by atoms with van der Waals surface area (Å²) in [5.74, 6) is 1.76. The van der Waals surface area contributed by atoms with Gasteiger partial charge in [-0.25, -0.2) is 9.67 Å². The zero-order valence-electron chi connectivity index (χ0n) is 14.5. The summed E-state index contributed by atoms with van der Waals surface area (Å²) in [5, 5.41) is 15.5. The highest BCUT2D eigenvalue weighted by molar-refractivity contribution is 5.94. The number of nitrogens with zero attached hydrogens (tertiary/aromatic N) is 6. The fourth-order valence-corrected chi connectivity index (χ4v) is 3.20. The monoisotopic (exact) mass is 351 g/mol. The number of hydrogen-bond donors (Lipinski definition) is 1. The van der Waals surface area contributed by atoms with Gasteiger partial charge in [0.2, 0.25) is 0 Å². The molecule has 0 saturated carbocycles. The number of carbonyl (C=O) groups excluding carboxylic acids is 1. The number of fused-ring (bicyclic) bond motifs is 1. The fraction of sp³-hybridized carbons (Fsp3) is 0.389. The maximum atomic E-state index is 12.4. The van der Waals surface area contributed by atoms with E-state index in [0.717, 1.165) is 43.0 Å². The van der Waals surface area contributed by atoms with Crippen LogP contribution >= 0.6 is 0 Å². The van der Waals surface area contributed by atoms with Crippen LogP contribution in [0.5, 0.6) is 0 Å². The minimum atomic E-state index is -0.108. The number of carbonyl (C=O) groups is 1. The van der Waals surface area contributed by atoms with Crippen molar-refractivity contribution in [1.82, 2.24) is 34.8 Å². The highest BCUT2D eigenvalue weighted by Crippen LogP contribution is 2.14. The highest BCUT2D eigenvalue weighted by Gasteiger charge is 2.15. The van der Waals surface area contributed by atoms with E-state index in [2.05, 4.69) is 30.2 Å². The number of aromatic nitrogens is 6. The SMILES string of the molecule is O=C(NCc1nnc2n1CCCCC2)c1ccc(Cn2cncn2)cc1. The predicted octanol–water partition coefficient (Wildman–Crippen LogP) is 1.57. The first-order valence-electron chi connectivity index (χ1n) is 8.90. The summed E-state index contributed by atoms with van der Waals surface area (Å²) >= 11 is 0. The van der Waals surface area contributed by atoms with E-state index in [1.54, 1.807) is 11.0 Å². The zero-order valence-corrected chi connectivity index (χ0v) is 14.5. The van der Waals surface area contributed by atoms with Crippen molar-refractivity contribution in [3.05, 3.63) is 59.7 Å². The van der Waals surface area contributed by atoms with Gasteiger partial charge in [0, 0.05) is 18.5 Å². The Morgan fingerprint density at radius 3 is 2.81 bits per heavy atom. The molecule has 1 aliphatic heterocycles. The molecule has 0 saturated heterocycles. The molecule has 4 rings (SSSR count). The first-order valence-corrected chi connectivity index (χ1v) is 8.90. The van der Waals surface area contributed by atoms with Crippen LogP contribution in [0.4, 0.5) is 0 Å². The molecule has 1 N–H and O–H groups in total. The molecule has 0 fully saturated rings. The lowest BCUT2D eigenvalue weighted by molar-refractivity contribution is 0.0949. The molecule has 3 aromatic rings. The van der Waals surface area contributed by atoms with Gasteiger partial charge in [0.25, 0.3) is 5.91 Å². The number of rotatable bonds is 5. The van der Waals surface area contributed by atoms with Gasteiger partial charge in [-0.05, 0) is 30.5 Å². The van der Waals surface area contributed by atoms with Crippen LogP contribution < -0.4 is 5.32 Å². The lowest BCUT2D eigenvalue weighted by Crippen LogP contribution is -2.25. The van der Waals surface area contributed by atoms with Crippen LogP contribution in [0.1, 0.15) is 46.8 Å². The topological polar surface area (TPSA) is 90.5 Å². The second kappa shape index (κ2) is 7.47. The summed E-state index contributed by atoms with van der Waals surface area (Å²) < 4.78 is 3.89. The van der Waals surface area contributed by atoms with Crippen LogP contribution in [0.2, 0.25) is 0 Å². The van der Waals surface area contributed by atoms with Crippen LogP contribution in [0.25, 0.3) is 0 Å². The van der Waals surface area contributed by atoms with Gasteiger partial charge in [0.05, 0.1) is 13.1 Å². The van der Waals surface area contributed by atoms with Crippen molar-refractivity contribution < 1.29 is 4.79 Å². The lowest BCUT2D eigenvalue weighted by atomic mass is 10.1. The van der Waals surface area contributed by atoms with Crippen molar-refractivity contribution in [2.75, 3.05) is 0 Å². The van der Waals surface area contributed by atoms with Crippen molar-refractivity contribution in [2.24, 2.45) is 0 Å². The normalized spacial score (nSPS) is 13.8. The van der Waals surface area contributed by atoms with Gasteiger partial charge < -0.3 is 9.88 Å². The molecule has 3 heterocycles. The molecular weight excluding hydrogens is 330 g/mol. The molecule has 0 atom stereocenters. The van der Waals surface area contributed by atoms with E-state index in [-0.39, 0.29) is 5.91 Å². The van der Waals surface area contributed by atoms with Crippen LogP contribution in [0.15, 0.2) is 36.9 Å². The van der Waals surface area contributed by atoms with Gasteiger partial charge in [-0.1, -0.05) is 18.6 Å². The van der Waals surface area contributed by atoms with Gasteiger partial charge in [0.1, 0.15) is 18.5 Å². The van der Waals surface area contributed by atoms with Crippen LogP contribution in [0.3, 0.4) is 0 Å². The molecule has 8 heteroatoms. The summed E-state index contributed by atoms with van der Waals surface area (Å²) in [6.07, 6.45) is 7.66. The average molecular weight is 351 g/mol. The van der Waals surface area contributed by atoms with E-state index >= 15 is 0 Å². The second-order valence-corrected chi connectivity index (χ2v) is 6.47. The quantitative estimate of drug-likeness (QED) is 0.753. The van der Waals surface area contributed by atoms with Crippen molar-refractivity contribution >= 4 is 5.91 Å². The van der Waals surface area contributed by atoms with Crippen LogP contribution in [-0.4, -0.2) is 35.4 Å². The largest absolute Gasteiger partial charge is 0.345 e. The maximum Gasteiger partial charge on any atom is 0.251 e. The summed E-state index contributed by atoms with van der Waals surface area (Å²) in [6.45, 7) is 1.96. The Morgan fingerprint density at radius 2 is 2.00 bits per heavy atom. The number of nitrogens with one attached hydrogen (secondary N) is 1. The van der Waals surface area contributed by atoms with E-state index in [1.165, 1.54) is 12.7 Å². The molecular formula is C18H21N7O. The Balaban J connectivity index is 1.37. The Hall–Kier alpha value is -3.03. The summed E-state index contributed by atoms with van der Waals surface area (Å²) in [7, 11) is 0. The van der Waals surface area contributed by atoms with Crippen LogP contribution in [0, 0.1) is 0 Å². The predicted molar refractivity (Wildman–Crippen MR) is 94.3 cm³/mol. The van der Waals surface area contributed by atoms with Crippen LogP contribution in [-0.2, 0) is 26.1 Å². The molecule has 0 radical (unpaired) electrons. The molecule has 0 aliphatic carbocycles. The number of hydrogen-bond acceptors (Lipinski definition) is 5. The third-order valence-corrected chi connectivity index (χ3v) is 4.62. The van der Waals surface area contributed by atoms with Gasteiger partial charge in [-0.3, -0.25) is 4.79 Å². The van der Waals surface area contributed by atoms with Gasteiger partial charge in [-0.2, -0.15) is 5.10 Å². The third-order valence-electron chi connectivity index (χ3n) is 4.62. The standard InChI is InChI=1S/C18H21N7O/c26-18(15-7-5-14(6-8-15)11-24-13-19-12-21-24)20-10-17-23-22-16-4-2-1-3-9-25(16)17/h5-8,12-13H,1-4,9-11H2,(H,20,26). The Labute approximate surface area is 151 Å². The number of benzene rings is 1. The smallest absolute Gasteiger partial charge is 0.251 e. The Bertz CT molecular complexity index is 868. The molecule has 0 unspecified atom stereocenters. The van der Waals surface area contributed by atoms with E-state index in [4.69, 9.17) is 0 Å². The lowest BCUT2D eigenvalue weighted by Gasteiger charge is -2.09. The van der Waals surface area contributed by atoms with E-state index in [0.29, 0.717) is 18.7 Å². The van der Waals surface area contributed by atoms with E-state index in [9.17, 15) is 4.79 Å². The van der Waals surface area contributed by atoms with Gasteiger partial charge >= 0.3 is 0 Å². The van der Waals surface area contributed by atoms with Crippen molar-refractivity contribution in [3.63, 3.8) is 0 Å². The molecule has 26 heavy (non-hydrogen) atoms. The average Bonchev–Trinajstić information content (AvgIpc) is 3.24. The maximum absolute atomic E-state index is 12.4. The fourth-order valence-electron chi connectivity index (χ4n) is 3.20. The Kier molecular flexibility index (Phi) is 4.72.